The van der Waals surface area contributed by atoms with Crippen molar-refractivity contribution in [2.45, 2.75) is 38.1 Å². The maximum Gasteiger partial charge on any atom is 0.273 e. The number of rotatable bonds is 8. The summed E-state index contributed by atoms with van der Waals surface area (Å²) < 4.78 is 33.5. The van der Waals surface area contributed by atoms with Crippen LogP contribution in [-0.2, 0) is 10.0 Å². The minimum absolute atomic E-state index is 0.123. The number of hydrogen-bond acceptors (Lipinski definition) is 5. The van der Waals surface area contributed by atoms with Gasteiger partial charge in [-0.1, -0.05) is 32.0 Å². The molecule has 0 aliphatic heterocycles. The third-order valence-corrected chi connectivity index (χ3v) is 5.68. The first-order chi connectivity index (χ1) is 12.6. The van der Waals surface area contributed by atoms with E-state index in [-0.39, 0.29) is 16.5 Å². The van der Waals surface area contributed by atoms with E-state index >= 15 is 0 Å². The van der Waals surface area contributed by atoms with Crippen LogP contribution in [-0.4, -0.2) is 20.5 Å². The van der Waals surface area contributed by atoms with Gasteiger partial charge in [0.15, 0.2) is 0 Å². The molecule has 1 atom stereocenters. The number of sulfonamides is 1. The van der Waals surface area contributed by atoms with Crippen LogP contribution in [0.3, 0.4) is 0 Å². The van der Waals surface area contributed by atoms with Gasteiger partial charge >= 0.3 is 0 Å². The van der Waals surface area contributed by atoms with Crippen LogP contribution in [0.15, 0.2) is 47.4 Å². The van der Waals surface area contributed by atoms with Crippen LogP contribution in [0.1, 0.15) is 37.4 Å². The van der Waals surface area contributed by atoms with Gasteiger partial charge in [0.05, 0.1) is 16.9 Å². The summed E-state index contributed by atoms with van der Waals surface area (Å²) >= 11 is 0. The number of aryl methyl sites for hydroxylation is 1. The first kappa shape index (κ1) is 20.9. The summed E-state index contributed by atoms with van der Waals surface area (Å²) in [5, 5.41) is 11.1. The maximum atomic E-state index is 12.8. The van der Waals surface area contributed by atoms with Gasteiger partial charge in [-0.3, -0.25) is 10.1 Å². The molecule has 0 aromatic heterocycles. The molecule has 0 aliphatic rings. The summed E-state index contributed by atoms with van der Waals surface area (Å²) in [6, 6.07) is 10.6. The third-order valence-electron chi connectivity index (χ3n) is 4.21. The summed E-state index contributed by atoms with van der Waals surface area (Å²) in [4.78, 5) is 10.4. The molecule has 0 fully saturated rings. The zero-order chi connectivity index (χ0) is 20.2. The first-order valence-electron chi connectivity index (χ1n) is 8.55. The number of nitro benzene ring substituents is 1. The quantitative estimate of drug-likeness (QED) is 0.541. The zero-order valence-electron chi connectivity index (χ0n) is 15.8. The van der Waals surface area contributed by atoms with Gasteiger partial charge in [-0.15, -0.1) is 0 Å². The molecule has 27 heavy (non-hydrogen) atoms. The predicted molar refractivity (Wildman–Crippen MR) is 103 cm³/mol. The van der Waals surface area contributed by atoms with Crippen molar-refractivity contribution in [1.82, 2.24) is 4.72 Å². The van der Waals surface area contributed by atoms with Gasteiger partial charge in [0.25, 0.3) is 5.69 Å². The highest BCUT2D eigenvalue weighted by Crippen LogP contribution is 2.27. The number of nitrogens with one attached hydrogen (secondary N) is 1. The second kappa shape index (κ2) is 8.49. The van der Waals surface area contributed by atoms with Crippen LogP contribution in [0, 0.1) is 23.0 Å². The summed E-state index contributed by atoms with van der Waals surface area (Å²) in [6.45, 7) is 5.57. The van der Waals surface area contributed by atoms with Gasteiger partial charge in [0.1, 0.15) is 5.75 Å². The SMILES string of the molecule is COc1ccc([C@@H](CC(C)C)NS(=O)(=O)c2ccc(C)c([N+](=O)[O-])c2)cc1. The Morgan fingerprint density at radius 2 is 1.78 bits per heavy atom. The molecule has 2 rings (SSSR count). The van der Waals surface area contributed by atoms with E-state index in [9.17, 15) is 18.5 Å². The van der Waals surface area contributed by atoms with Gasteiger partial charge in [-0.25, -0.2) is 13.1 Å². The van der Waals surface area contributed by atoms with Crippen molar-refractivity contribution in [2.24, 2.45) is 5.92 Å². The van der Waals surface area contributed by atoms with Gasteiger partial charge < -0.3 is 4.74 Å². The lowest BCUT2D eigenvalue weighted by molar-refractivity contribution is -0.385. The molecule has 2 aromatic carbocycles. The summed E-state index contributed by atoms with van der Waals surface area (Å²) in [7, 11) is -2.36. The Morgan fingerprint density at radius 1 is 1.15 bits per heavy atom. The van der Waals surface area contributed by atoms with Crippen LogP contribution in [0.25, 0.3) is 0 Å². The number of methoxy groups -OCH3 is 1. The lowest BCUT2D eigenvalue weighted by Crippen LogP contribution is -2.29. The summed E-state index contributed by atoms with van der Waals surface area (Å²) in [5.74, 6) is 0.922. The molecule has 8 heteroatoms. The van der Waals surface area contributed by atoms with E-state index in [0.29, 0.717) is 17.7 Å². The second-order valence-corrected chi connectivity index (χ2v) is 8.50. The van der Waals surface area contributed by atoms with E-state index in [1.54, 1.807) is 26.2 Å². The van der Waals surface area contributed by atoms with Gasteiger partial charge in [0.2, 0.25) is 10.0 Å². The van der Waals surface area contributed by atoms with Crippen molar-refractivity contribution in [3.63, 3.8) is 0 Å². The van der Waals surface area contributed by atoms with Gasteiger partial charge in [0, 0.05) is 17.7 Å². The van der Waals surface area contributed by atoms with Crippen molar-refractivity contribution in [3.8, 4) is 5.75 Å². The fourth-order valence-electron chi connectivity index (χ4n) is 2.77. The number of nitrogens with zero attached hydrogens (tertiary/aromatic N) is 1. The van der Waals surface area contributed by atoms with Crippen molar-refractivity contribution in [2.75, 3.05) is 7.11 Å². The standard InChI is InChI=1S/C19H24N2O5S/c1-13(2)11-18(15-6-8-16(26-4)9-7-15)20-27(24,25)17-10-5-14(3)19(12-17)21(22)23/h5-10,12-13,18,20H,11H2,1-4H3/t18-/m1/s1. The molecule has 0 spiro atoms. The Balaban J connectivity index is 2.37. The van der Waals surface area contributed by atoms with E-state index in [0.717, 1.165) is 11.6 Å². The van der Waals surface area contributed by atoms with Crippen LogP contribution in [0.2, 0.25) is 0 Å². The Bertz CT molecular complexity index is 908. The normalized spacial score (nSPS) is 12.8. The topological polar surface area (TPSA) is 98.5 Å². The number of nitro groups is 1. The fraction of sp³-hybridized carbons (Fsp3) is 0.368. The molecule has 0 unspecified atom stereocenters. The molecule has 7 nitrogen and oxygen atoms in total. The van der Waals surface area contributed by atoms with Crippen LogP contribution in [0.4, 0.5) is 5.69 Å². The third kappa shape index (κ3) is 5.27. The van der Waals surface area contributed by atoms with Crippen molar-refractivity contribution in [1.29, 1.82) is 0 Å². The van der Waals surface area contributed by atoms with E-state index in [1.807, 2.05) is 26.0 Å². The highest BCUT2D eigenvalue weighted by atomic mass is 32.2. The Morgan fingerprint density at radius 3 is 2.30 bits per heavy atom. The second-order valence-electron chi connectivity index (χ2n) is 6.78. The monoisotopic (exact) mass is 392 g/mol. The van der Waals surface area contributed by atoms with Gasteiger partial charge in [-0.05, 0) is 43.0 Å². The number of ether oxygens (including phenoxy) is 1. The molecule has 0 saturated carbocycles. The minimum atomic E-state index is -3.93. The number of benzene rings is 2. The molecule has 0 bridgehead atoms. The van der Waals surface area contributed by atoms with Crippen molar-refractivity contribution < 1.29 is 18.1 Å². The largest absolute Gasteiger partial charge is 0.497 e. The van der Waals surface area contributed by atoms with Crippen LogP contribution < -0.4 is 9.46 Å². The highest BCUT2D eigenvalue weighted by molar-refractivity contribution is 7.89. The fourth-order valence-corrected chi connectivity index (χ4v) is 4.03. The molecule has 0 amide bonds. The number of hydrogen-bond donors (Lipinski definition) is 1. The molecule has 2 aromatic rings. The van der Waals surface area contributed by atoms with E-state index < -0.39 is 21.0 Å². The smallest absolute Gasteiger partial charge is 0.273 e. The molecule has 1 N–H and O–H groups in total. The average molecular weight is 392 g/mol. The van der Waals surface area contributed by atoms with E-state index in [4.69, 9.17) is 4.74 Å². The van der Waals surface area contributed by atoms with Crippen LogP contribution in [0.5, 0.6) is 5.75 Å². The van der Waals surface area contributed by atoms with E-state index in [1.165, 1.54) is 12.1 Å². The lowest BCUT2D eigenvalue weighted by Gasteiger charge is -2.21. The highest BCUT2D eigenvalue weighted by Gasteiger charge is 2.24. The molecule has 0 aliphatic carbocycles. The van der Waals surface area contributed by atoms with Crippen molar-refractivity contribution in [3.05, 3.63) is 63.7 Å². The minimum Gasteiger partial charge on any atom is -0.497 e. The summed E-state index contributed by atoms with van der Waals surface area (Å²) in [6.07, 6.45) is 0.583. The Labute approximate surface area is 159 Å². The molecule has 0 saturated heterocycles. The Hall–Kier alpha value is -2.45. The molecular formula is C19H24N2O5S. The molecular weight excluding hydrogens is 368 g/mol. The van der Waals surface area contributed by atoms with E-state index in [2.05, 4.69) is 4.72 Å². The predicted octanol–water partition coefficient (Wildman–Crippen LogP) is 3.98. The Kier molecular flexibility index (Phi) is 6.56. The molecule has 0 heterocycles. The van der Waals surface area contributed by atoms with Crippen molar-refractivity contribution >= 4 is 15.7 Å². The first-order valence-corrected chi connectivity index (χ1v) is 10.0. The van der Waals surface area contributed by atoms with Gasteiger partial charge in [-0.2, -0.15) is 0 Å². The summed E-state index contributed by atoms with van der Waals surface area (Å²) in [5.41, 5.74) is 0.991. The molecule has 0 radical (unpaired) electrons. The lowest BCUT2D eigenvalue weighted by atomic mass is 9.98. The maximum absolute atomic E-state index is 12.8. The zero-order valence-corrected chi connectivity index (χ0v) is 16.6. The van der Waals surface area contributed by atoms with Crippen LogP contribution >= 0.6 is 0 Å². The molecule has 146 valence electrons. The average Bonchev–Trinajstić information content (AvgIpc) is 2.60.